The molecule has 0 aliphatic heterocycles. The van der Waals surface area contributed by atoms with Gasteiger partial charge in [0, 0.05) is 44.6 Å². The van der Waals surface area contributed by atoms with Crippen molar-refractivity contribution in [2.45, 2.75) is 64.1 Å². The van der Waals surface area contributed by atoms with Crippen LogP contribution in [0.15, 0.2) is 72.8 Å². The summed E-state index contributed by atoms with van der Waals surface area (Å²) in [5.74, 6) is -1.79. The van der Waals surface area contributed by atoms with E-state index >= 15 is 0 Å². The zero-order chi connectivity index (χ0) is 32.3. The first kappa shape index (κ1) is 34.1. The summed E-state index contributed by atoms with van der Waals surface area (Å²) in [6.07, 6.45) is 0.921. The van der Waals surface area contributed by atoms with E-state index in [0.717, 1.165) is 30.0 Å². The molecule has 9 heteroatoms. The van der Waals surface area contributed by atoms with Crippen LogP contribution in [-0.2, 0) is 22.6 Å². The van der Waals surface area contributed by atoms with Gasteiger partial charge < -0.3 is 25.4 Å². The molecule has 0 aromatic heterocycles. The number of hydrogen-bond donors (Lipinski definition) is 3. The van der Waals surface area contributed by atoms with Crippen molar-refractivity contribution in [3.8, 4) is 5.75 Å². The second kappa shape index (κ2) is 16.5. The lowest BCUT2D eigenvalue weighted by Gasteiger charge is -2.25. The predicted molar refractivity (Wildman–Crippen MR) is 171 cm³/mol. The van der Waals surface area contributed by atoms with Crippen molar-refractivity contribution in [2.75, 3.05) is 26.7 Å². The highest BCUT2D eigenvalue weighted by atomic mass is 19.1. The summed E-state index contributed by atoms with van der Waals surface area (Å²) in [7, 11) is 1.59. The van der Waals surface area contributed by atoms with E-state index in [1.807, 2.05) is 73.3 Å². The average Bonchev–Trinajstić information content (AvgIpc) is 3.74. The second-order valence-corrected chi connectivity index (χ2v) is 11.9. The Labute approximate surface area is 265 Å². The van der Waals surface area contributed by atoms with Crippen molar-refractivity contribution in [2.24, 2.45) is 11.8 Å². The lowest BCUT2D eigenvalue weighted by atomic mass is 10.00. The molecule has 1 aliphatic carbocycles. The molecule has 1 saturated carbocycles. The molecule has 0 bridgehead atoms. The predicted octanol–water partition coefficient (Wildman–Crippen LogP) is 5.22. The first-order chi connectivity index (χ1) is 21.7. The SMILES string of the molecule is CCCN(CCC)C(=O)C[C@H]1[C@H](C(=O)N[C@@H](Cc2cc(F)cc(F)c2)[C@H](O)CNCc2cccc(OC)c2)[C@H]1c1ccccc1. The summed E-state index contributed by atoms with van der Waals surface area (Å²) in [6, 6.07) is 19.6. The van der Waals surface area contributed by atoms with E-state index in [2.05, 4.69) is 10.6 Å². The van der Waals surface area contributed by atoms with Crippen LogP contribution in [0.5, 0.6) is 5.75 Å². The third-order valence-electron chi connectivity index (χ3n) is 8.39. The molecule has 2 amide bonds. The van der Waals surface area contributed by atoms with Crippen LogP contribution in [0.25, 0.3) is 0 Å². The molecule has 5 atom stereocenters. The van der Waals surface area contributed by atoms with Gasteiger partial charge in [-0.2, -0.15) is 0 Å². The Kier molecular flexibility index (Phi) is 12.5. The number of hydrogen-bond acceptors (Lipinski definition) is 5. The molecule has 0 saturated heterocycles. The fourth-order valence-electron chi connectivity index (χ4n) is 6.18. The molecular weight excluding hydrogens is 576 g/mol. The van der Waals surface area contributed by atoms with E-state index in [1.54, 1.807) is 7.11 Å². The molecule has 242 valence electrons. The number of ether oxygens (including phenoxy) is 1. The fourth-order valence-corrected chi connectivity index (χ4v) is 6.18. The van der Waals surface area contributed by atoms with Gasteiger partial charge in [-0.05, 0) is 72.1 Å². The van der Waals surface area contributed by atoms with Gasteiger partial charge in [0.1, 0.15) is 17.4 Å². The van der Waals surface area contributed by atoms with E-state index in [-0.39, 0.29) is 43.0 Å². The summed E-state index contributed by atoms with van der Waals surface area (Å²) in [6.45, 7) is 5.99. The van der Waals surface area contributed by atoms with Crippen LogP contribution < -0.4 is 15.4 Å². The van der Waals surface area contributed by atoms with Crippen molar-refractivity contribution in [3.63, 3.8) is 0 Å². The maximum absolute atomic E-state index is 14.1. The smallest absolute Gasteiger partial charge is 0.224 e. The molecule has 1 fully saturated rings. The van der Waals surface area contributed by atoms with Gasteiger partial charge in [-0.25, -0.2) is 8.78 Å². The monoisotopic (exact) mass is 621 g/mol. The van der Waals surface area contributed by atoms with Gasteiger partial charge in [-0.3, -0.25) is 9.59 Å². The van der Waals surface area contributed by atoms with Crippen LogP contribution in [0.4, 0.5) is 8.78 Å². The number of nitrogens with one attached hydrogen (secondary N) is 2. The van der Waals surface area contributed by atoms with Gasteiger partial charge in [-0.1, -0.05) is 56.3 Å². The largest absolute Gasteiger partial charge is 0.497 e. The zero-order valence-corrected chi connectivity index (χ0v) is 26.3. The summed E-state index contributed by atoms with van der Waals surface area (Å²) >= 11 is 0. The Morgan fingerprint density at radius 2 is 1.62 bits per heavy atom. The molecular formula is C36H45F2N3O4. The lowest BCUT2D eigenvalue weighted by molar-refractivity contribution is -0.131. The van der Waals surface area contributed by atoms with Gasteiger partial charge in [0.25, 0.3) is 0 Å². The normalized spacial score (nSPS) is 18.6. The molecule has 0 radical (unpaired) electrons. The first-order valence-corrected chi connectivity index (χ1v) is 15.8. The lowest BCUT2D eigenvalue weighted by Crippen LogP contribution is -2.49. The van der Waals surface area contributed by atoms with E-state index in [9.17, 15) is 23.5 Å². The van der Waals surface area contributed by atoms with Gasteiger partial charge >= 0.3 is 0 Å². The molecule has 3 aromatic carbocycles. The van der Waals surface area contributed by atoms with E-state index in [0.29, 0.717) is 30.9 Å². The minimum absolute atomic E-state index is 0.0233. The number of carbonyl (C=O) groups excluding carboxylic acids is 2. The van der Waals surface area contributed by atoms with Gasteiger partial charge in [0.05, 0.1) is 19.3 Å². The minimum atomic E-state index is -1.07. The molecule has 1 aliphatic rings. The number of amides is 2. The Morgan fingerprint density at radius 3 is 2.27 bits per heavy atom. The molecule has 0 unspecified atom stereocenters. The van der Waals surface area contributed by atoms with Crippen molar-refractivity contribution < 1.29 is 28.2 Å². The first-order valence-electron chi connectivity index (χ1n) is 15.8. The topological polar surface area (TPSA) is 90.9 Å². The number of carbonyl (C=O) groups is 2. The summed E-state index contributed by atoms with van der Waals surface area (Å²) in [5, 5.41) is 17.5. The minimum Gasteiger partial charge on any atom is -0.497 e. The van der Waals surface area contributed by atoms with Crippen LogP contribution in [0.1, 0.15) is 55.7 Å². The second-order valence-electron chi connectivity index (χ2n) is 11.9. The molecule has 3 aromatic rings. The number of benzene rings is 3. The molecule has 0 spiro atoms. The quantitative estimate of drug-likeness (QED) is 0.192. The maximum Gasteiger partial charge on any atom is 0.224 e. The van der Waals surface area contributed by atoms with Gasteiger partial charge in [0.2, 0.25) is 11.8 Å². The van der Waals surface area contributed by atoms with Crippen molar-refractivity contribution in [1.29, 1.82) is 0 Å². The van der Waals surface area contributed by atoms with Crippen molar-refractivity contribution in [1.82, 2.24) is 15.5 Å². The van der Waals surface area contributed by atoms with Crippen LogP contribution in [0, 0.1) is 23.5 Å². The van der Waals surface area contributed by atoms with Crippen LogP contribution >= 0.6 is 0 Å². The van der Waals surface area contributed by atoms with E-state index in [1.165, 1.54) is 12.1 Å². The van der Waals surface area contributed by atoms with E-state index < -0.39 is 29.7 Å². The highest BCUT2D eigenvalue weighted by molar-refractivity contribution is 5.86. The number of rotatable bonds is 17. The van der Waals surface area contributed by atoms with E-state index in [4.69, 9.17) is 4.74 Å². The number of aliphatic hydroxyl groups is 1. The maximum atomic E-state index is 14.1. The number of aliphatic hydroxyl groups excluding tert-OH is 1. The summed E-state index contributed by atoms with van der Waals surface area (Å²) in [5.41, 5.74) is 2.25. The van der Waals surface area contributed by atoms with Crippen molar-refractivity contribution >= 4 is 11.8 Å². The summed E-state index contributed by atoms with van der Waals surface area (Å²) in [4.78, 5) is 29.0. The van der Waals surface area contributed by atoms with Crippen LogP contribution in [-0.4, -0.2) is 60.7 Å². The Bertz CT molecular complexity index is 1380. The molecule has 7 nitrogen and oxygen atoms in total. The van der Waals surface area contributed by atoms with Gasteiger partial charge in [-0.15, -0.1) is 0 Å². The third kappa shape index (κ3) is 9.58. The Balaban J connectivity index is 1.50. The fraction of sp³-hybridized carbons (Fsp3) is 0.444. The molecule has 4 rings (SSSR count). The molecule has 3 N–H and O–H groups in total. The zero-order valence-electron chi connectivity index (χ0n) is 26.3. The highest BCUT2D eigenvalue weighted by Gasteiger charge is 2.56. The Hall–Kier alpha value is -3.82. The number of nitrogens with zero attached hydrogens (tertiary/aromatic N) is 1. The van der Waals surface area contributed by atoms with Crippen molar-refractivity contribution in [3.05, 3.63) is 101 Å². The van der Waals surface area contributed by atoms with Crippen LogP contribution in [0.2, 0.25) is 0 Å². The number of methoxy groups -OCH3 is 1. The molecule has 0 heterocycles. The Morgan fingerprint density at radius 1 is 0.933 bits per heavy atom. The molecule has 45 heavy (non-hydrogen) atoms. The highest BCUT2D eigenvalue weighted by Crippen LogP contribution is 2.56. The van der Waals surface area contributed by atoms with Crippen LogP contribution in [0.3, 0.4) is 0 Å². The summed E-state index contributed by atoms with van der Waals surface area (Å²) < 4.78 is 33.4. The number of halogens is 2. The standard InChI is InChI=1S/C36H45F2N3O4/c1-4-14-41(15-5-2)33(43)21-30-34(26-11-7-6-8-12-26)35(30)36(44)40-31(19-25-16-27(37)20-28(38)17-25)32(42)23-39-22-24-10-9-13-29(18-24)45-3/h6-13,16-18,20,30-32,34-35,39,42H,4-5,14-15,19,21-23H2,1-3H3,(H,40,44)/t30-,31+,32-,34+,35+/m1/s1. The third-order valence-corrected chi connectivity index (χ3v) is 8.39. The average molecular weight is 622 g/mol. The van der Waals surface area contributed by atoms with Gasteiger partial charge in [0.15, 0.2) is 0 Å².